The highest BCUT2D eigenvalue weighted by molar-refractivity contribution is 7.89. The lowest BCUT2D eigenvalue weighted by Gasteiger charge is -2.25. The quantitative estimate of drug-likeness (QED) is 0.547. The summed E-state index contributed by atoms with van der Waals surface area (Å²) in [5.74, 6) is 0. The molecule has 0 aliphatic carbocycles. The average Bonchev–Trinajstić information content (AvgIpc) is 2.62. The van der Waals surface area contributed by atoms with Gasteiger partial charge < -0.3 is 9.80 Å². The van der Waals surface area contributed by atoms with Gasteiger partial charge in [-0.3, -0.25) is 10.1 Å². The van der Waals surface area contributed by atoms with Crippen LogP contribution in [0, 0.1) is 10.1 Å². The number of sulfonamides is 1. The van der Waals surface area contributed by atoms with Gasteiger partial charge in [-0.05, 0) is 37.9 Å². The largest absolute Gasteiger partial charge is 0.378 e. The van der Waals surface area contributed by atoms with Crippen molar-refractivity contribution in [2.24, 2.45) is 0 Å². The summed E-state index contributed by atoms with van der Waals surface area (Å²) >= 11 is 0. The molecule has 2 aromatic rings. The Labute approximate surface area is 159 Å². The summed E-state index contributed by atoms with van der Waals surface area (Å²) in [5.41, 5.74) is 1.75. The van der Waals surface area contributed by atoms with Crippen molar-refractivity contribution >= 4 is 21.4 Å². The van der Waals surface area contributed by atoms with Gasteiger partial charge in [0.05, 0.1) is 9.82 Å². The Hall–Kier alpha value is -2.49. The number of likely N-dealkylation sites (N-methyl/N-ethyl adjacent to an activating group) is 1. The molecule has 2 rings (SSSR count). The number of hydrogen-bond donors (Lipinski definition) is 1. The number of anilines is 1. The third-order valence-electron chi connectivity index (χ3n) is 4.22. The van der Waals surface area contributed by atoms with Gasteiger partial charge in [0.15, 0.2) is 0 Å². The fraction of sp³-hybridized carbons (Fsp3) is 0.333. The molecule has 0 aromatic heterocycles. The highest BCUT2D eigenvalue weighted by atomic mass is 32.2. The Morgan fingerprint density at radius 1 is 1.07 bits per heavy atom. The van der Waals surface area contributed by atoms with E-state index in [-0.39, 0.29) is 23.2 Å². The van der Waals surface area contributed by atoms with E-state index in [1.54, 1.807) is 0 Å². The normalized spacial score (nSPS) is 12.8. The number of benzene rings is 2. The molecule has 0 saturated heterocycles. The lowest BCUT2D eigenvalue weighted by atomic mass is 10.1. The SMILES string of the molecule is CN(C)c1ccc([C@H](CNS(=O)(=O)c2cccc([N+](=O)[O-])c2)N(C)C)cc1. The molecule has 0 amide bonds. The van der Waals surface area contributed by atoms with Crippen LogP contribution in [0.2, 0.25) is 0 Å². The Bertz CT molecular complexity index is 896. The Kier molecular flexibility index (Phi) is 6.53. The Morgan fingerprint density at radius 2 is 1.70 bits per heavy atom. The molecule has 27 heavy (non-hydrogen) atoms. The fourth-order valence-electron chi connectivity index (χ4n) is 2.63. The molecule has 0 spiro atoms. The van der Waals surface area contributed by atoms with E-state index in [0.29, 0.717) is 0 Å². The molecule has 0 aliphatic rings. The van der Waals surface area contributed by atoms with Crippen molar-refractivity contribution < 1.29 is 13.3 Å². The van der Waals surface area contributed by atoms with Crippen molar-refractivity contribution in [3.8, 4) is 0 Å². The second kappa shape index (κ2) is 8.47. The van der Waals surface area contributed by atoms with E-state index in [1.165, 1.54) is 18.2 Å². The van der Waals surface area contributed by atoms with Crippen LogP contribution in [0.25, 0.3) is 0 Å². The van der Waals surface area contributed by atoms with Crippen molar-refractivity contribution in [3.63, 3.8) is 0 Å². The van der Waals surface area contributed by atoms with Crippen LogP contribution in [0.4, 0.5) is 11.4 Å². The lowest BCUT2D eigenvalue weighted by Crippen LogP contribution is -2.34. The highest BCUT2D eigenvalue weighted by Gasteiger charge is 2.21. The van der Waals surface area contributed by atoms with E-state index in [0.717, 1.165) is 17.3 Å². The first-order valence-corrected chi connectivity index (χ1v) is 9.78. The molecule has 0 unspecified atom stereocenters. The fourth-order valence-corrected chi connectivity index (χ4v) is 3.71. The van der Waals surface area contributed by atoms with Crippen LogP contribution in [0.15, 0.2) is 53.4 Å². The molecule has 1 atom stereocenters. The van der Waals surface area contributed by atoms with Crippen LogP contribution in [-0.4, -0.2) is 53.0 Å². The number of nitro benzene ring substituents is 1. The summed E-state index contributed by atoms with van der Waals surface area (Å²) in [6, 6.07) is 12.7. The maximum atomic E-state index is 12.5. The van der Waals surface area contributed by atoms with Gasteiger partial charge in [-0.2, -0.15) is 0 Å². The zero-order valence-electron chi connectivity index (χ0n) is 15.8. The molecule has 0 saturated carbocycles. The molecule has 1 N–H and O–H groups in total. The van der Waals surface area contributed by atoms with Crippen molar-refractivity contribution in [1.82, 2.24) is 9.62 Å². The molecular formula is C18H24N4O4S. The topological polar surface area (TPSA) is 95.8 Å². The minimum absolute atomic E-state index is 0.128. The summed E-state index contributed by atoms with van der Waals surface area (Å²) < 4.78 is 27.7. The van der Waals surface area contributed by atoms with Gasteiger partial charge >= 0.3 is 0 Å². The number of non-ortho nitro benzene ring substituents is 1. The van der Waals surface area contributed by atoms with Gasteiger partial charge in [0, 0.05) is 44.5 Å². The predicted molar refractivity (Wildman–Crippen MR) is 105 cm³/mol. The van der Waals surface area contributed by atoms with Crippen LogP contribution in [0.1, 0.15) is 11.6 Å². The van der Waals surface area contributed by atoms with Crippen molar-refractivity contribution in [3.05, 3.63) is 64.2 Å². The Balaban J connectivity index is 2.19. The maximum absolute atomic E-state index is 12.5. The van der Waals surface area contributed by atoms with E-state index >= 15 is 0 Å². The number of nitro groups is 1. The average molecular weight is 392 g/mol. The highest BCUT2D eigenvalue weighted by Crippen LogP contribution is 2.22. The van der Waals surface area contributed by atoms with Gasteiger partial charge in [0.2, 0.25) is 10.0 Å². The van der Waals surface area contributed by atoms with Gasteiger partial charge in [0.1, 0.15) is 0 Å². The molecule has 146 valence electrons. The molecule has 0 bridgehead atoms. The zero-order chi connectivity index (χ0) is 20.2. The van der Waals surface area contributed by atoms with Crippen LogP contribution >= 0.6 is 0 Å². The second-order valence-corrected chi connectivity index (χ2v) is 8.34. The van der Waals surface area contributed by atoms with Gasteiger partial charge in [-0.1, -0.05) is 18.2 Å². The molecule has 0 aliphatic heterocycles. The van der Waals surface area contributed by atoms with Gasteiger partial charge in [0.25, 0.3) is 5.69 Å². The minimum Gasteiger partial charge on any atom is -0.378 e. The first kappa shape index (κ1) is 20.8. The molecule has 0 heterocycles. The van der Waals surface area contributed by atoms with Crippen LogP contribution in [-0.2, 0) is 10.0 Å². The van der Waals surface area contributed by atoms with E-state index < -0.39 is 14.9 Å². The second-order valence-electron chi connectivity index (χ2n) is 6.57. The van der Waals surface area contributed by atoms with Crippen LogP contribution in [0.5, 0.6) is 0 Å². The summed E-state index contributed by atoms with van der Waals surface area (Å²) in [5, 5.41) is 10.9. The lowest BCUT2D eigenvalue weighted by molar-refractivity contribution is -0.385. The molecule has 0 fully saturated rings. The Morgan fingerprint density at radius 3 is 2.22 bits per heavy atom. The summed E-state index contributed by atoms with van der Waals surface area (Å²) in [6.45, 7) is 0.138. The van der Waals surface area contributed by atoms with Crippen LogP contribution in [0.3, 0.4) is 0 Å². The number of hydrogen-bond acceptors (Lipinski definition) is 6. The smallest absolute Gasteiger partial charge is 0.270 e. The van der Waals surface area contributed by atoms with E-state index in [4.69, 9.17) is 0 Å². The predicted octanol–water partition coefficient (Wildman–Crippen LogP) is 2.24. The van der Waals surface area contributed by atoms with E-state index in [2.05, 4.69) is 4.72 Å². The summed E-state index contributed by atoms with van der Waals surface area (Å²) in [6.07, 6.45) is 0. The van der Waals surface area contributed by atoms with Gasteiger partial charge in [-0.15, -0.1) is 0 Å². The van der Waals surface area contributed by atoms with E-state index in [1.807, 2.05) is 62.3 Å². The summed E-state index contributed by atoms with van der Waals surface area (Å²) in [4.78, 5) is 14.0. The third-order valence-corrected chi connectivity index (χ3v) is 5.64. The van der Waals surface area contributed by atoms with Gasteiger partial charge in [-0.25, -0.2) is 13.1 Å². The number of nitrogens with zero attached hydrogens (tertiary/aromatic N) is 3. The van der Waals surface area contributed by atoms with Crippen molar-refractivity contribution in [2.75, 3.05) is 39.6 Å². The monoisotopic (exact) mass is 392 g/mol. The number of rotatable bonds is 8. The van der Waals surface area contributed by atoms with Crippen molar-refractivity contribution in [2.45, 2.75) is 10.9 Å². The molecule has 0 radical (unpaired) electrons. The summed E-state index contributed by atoms with van der Waals surface area (Å²) in [7, 11) is 3.77. The van der Waals surface area contributed by atoms with Crippen LogP contribution < -0.4 is 9.62 Å². The van der Waals surface area contributed by atoms with Crippen molar-refractivity contribution in [1.29, 1.82) is 0 Å². The molecule has 9 heteroatoms. The zero-order valence-corrected chi connectivity index (χ0v) is 16.6. The first-order chi connectivity index (χ1) is 12.6. The third kappa shape index (κ3) is 5.25. The molecule has 8 nitrogen and oxygen atoms in total. The van der Waals surface area contributed by atoms with E-state index in [9.17, 15) is 18.5 Å². The molecular weight excluding hydrogens is 368 g/mol. The standard InChI is InChI=1S/C18H24N4O4S/c1-20(2)15-10-8-14(9-11-15)18(21(3)4)13-19-27(25,26)17-7-5-6-16(12-17)22(23)24/h5-12,18-19H,13H2,1-4H3/t18-/m0/s1. The maximum Gasteiger partial charge on any atom is 0.270 e. The minimum atomic E-state index is -3.86. The molecule has 2 aromatic carbocycles. The first-order valence-electron chi connectivity index (χ1n) is 8.29. The number of nitrogens with one attached hydrogen (secondary N) is 1.